The maximum Gasteiger partial charge on any atom is 0.251 e. The molecule has 0 atom stereocenters. The van der Waals surface area contributed by atoms with Gasteiger partial charge in [-0.1, -0.05) is 18.2 Å². The second-order valence-corrected chi connectivity index (χ2v) is 5.31. The zero-order chi connectivity index (χ0) is 14.7. The first kappa shape index (κ1) is 13.6. The monoisotopic (exact) mass is 284 g/mol. The lowest BCUT2D eigenvalue weighted by atomic mass is 10.1. The summed E-state index contributed by atoms with van der Waals surface area (Å²) in [7, 11) is 0. The van der Waals surface area contributed by atoms with E-state index in [0.29, 0.717) is 18.2 Å². The Bertz CT molecular complexity index is 635. The summed E-state index contributed by atoms with van der Waals surface area (Å²) in [5, 5.41) is 6.21. The van der Waals surface area contributed by atoms with Crippen molar-refractivity contribution in [2.45, 2.75) is 25.4 Å². The number of hydrogen-bond acceptors (Lipinski definition) is 2. The number of halogens is 1. The molecule has 1 aliphatic carbocycles. The van der Waals surface area contributed by atoms with Crippen LogP contribution in [0.25, 0.3) is 0 Å². The Labute approximate surface area is 123 Å². The first-order chi connectivity index (χ1) is 10.2. The molecular weight excluding hydrogens is 267 g/mol. The predicted octanol–water partition coefficient (Wildman–Crippen LogP) is 3.33. The highest BCUT2D eigenvalue weighted by molar-refractivity contribution is 5.95. The molecule has 4 heteroatoms. The van der Waals surface area contributed by atoms with Crippen LogP contribution < -0.4 is 10.6 Å². The fraction of sp³-hybridized carbons (Fsp3) is 0.235. The van der Waals surface area contributed by atoms with Gasteiger partial charge < -0.3 is 10.6 Å². The molecule has 1 amide bonds. The van der Waals surface area contributed by atoms with E-state index in [1.165, 1.54) is 12.1 Å². The van der Waals surface area contributed by atoms with E-state index in [1.807, 2.05) is 18.2 Å². The van der Waals surface area contributed by atoms with E-state index in [9.17, 15) is 9.18 Å². The summed E-state index contributed by atoms with van der Waals surface area (Å²) >= 11 is 0. The third-order valence-corrected chi connectivity index (χ3v) is 3.45. The number of rotatable bonds is 5. The van der Waals surface area contributed by atoms with Gasteiger partial charge in [-0.2, -0.15) is 0 Å². The molecule has 1 saturated carbocycles. The number of amides is 1. The summed E-state index contributed by atoms with van der Waals surface area (Å²) in [4.78, 5) is 12.0. The molecule has 108 valence electrons. The molecule has 0 unspecified atom stereocenters. The number of nitrogens with one attached hydrogen (secondary N) is 2. The number of anilines is 1. The molecule has 0 aliphatic heterocycles. The molecule has 2 aromatic rings. The molecule has 0 bridgehead atoms. The van der Waals surface area contributed by atoms with Crippen molar-refractivity contribution in [3.8, 4) is 0 Å². The normalized spacial score (nSPS) is 13.8. The number of benzene rings is 2. The Morgan fingerprint density at radius 3 is 2.62 bits per heavy atom. The lowest BCUT2D eigenvalue weighted by Gasteiger charge is -2.09. The number of carbonyl (C=O) groups excluding carboxylic acids is 1. The van der Waals surface area contributed by atoms with Crippen molar-refractivity contribution in [2.24, 2.45) is 0 Å². The molecule has 2 aromatic carbocycles. The largest absolute Gasteiger partial charge is 0.381 e. The third-order valence-electron chi connectivity index (χ3n) is 3.45. The van der Waals surface area contributed by atoms with Crippen molar-refractivity contribution < 1.29 is 9.18 Å². The Balaban J connectivity index is 1.62. The standard InChI is InChI=1S/C17H17FN2O/c18-14-6-4-12(5-7-14)11-19-16-3-1-2-13(10-16)17(21)20-15-8-9-15/h1-7,10,15,19H,8-9,11H2,(H,20,21). The van der Waals surface area contributed by atoms with Crippen molar-refractivity contribution >= 4 is 11.6 Å². The van der Waals surface area contributed by atoms with E-state index < -0.39 is 0 Å². The third kappa shape index (κ3) is 3.81. The fourth-order valence-corrected chi connectivity index (χ4v) is 2.07. The summed E-state index contributed by atoms with van der Waals surface area (Å²) in [6.45, 7) is 0.591. The van der Waals surface area contributed by atoms with Crippen LogP contribution in [0, 0.1) is 5.82 Å². The molecular formula is C17H17FN2O. The van der Waals surface area contributed by atoms with E-state index in [2.05, 4.69) is 10.6 Å². The number of hydrogen-bond donors (Lipinski definition) is 2. The zero-order valence-electron chi connectivity index (χ0n) is 11.6. The van der Waals surface area contributed by atoms with Gasteiger partial charge in [0, 0.05) is 23.8 Å². The molecule has 2 N–H and O–H groups in total. The van der Waals surface area contributed by atoms with Crippen LogP contribution in [-0.2, 0) is 6.54 Å². The van der Waals surface area contributed by atoms with E-state index >= 15 is 0 Å². The molecule has 1 aliphatic rings. The SMILES string of the molecule is O=C(NC1CC1)c1cccc(NCc2ccc(F)cc2)c1. The topological polar surface area (TPSA) is 41.1 Å². The van der Waals surface area contributed by atoms with Gasteiger partial charge in [0.15, 0.2) is 0 Å². The van der Waals surface area contributed by atoms with Crippen LogP contribution in [0.15, 0.2) is 48.5 Å². The summed E-state index contributed by atoms with van der Waals surface area (Å²) < 4.78 is 12.8. The van der Waals surface area contributed by atoms with Crippen LogP contribution in [0.4, 0.5) is 10.1 Å². The highest BCUT2D eigenvalue weighted by Crippen LogP contribution is 2.20. The molecule has 21 heavy (non-hydrogen) atoms. The average Bonchev–Trinajstić information content (AvgIpc) is 3.31. The molecule has 0 aromatic heterocycles. The molecule has 0 saturated heterocycles. The van der Waals surface area contributed by atoms with Gasteiger partial charge in [0.25, 0.3) is 5.91 Å². The minimum absolute atomic E-state index is 0.0251. The van der Waals surface area contributed by atoms with Crippen molar-refractivity contribution in [1.29, 1.82) is 0 Å². The summed E-state index contributed by atoms with van der Waals surface area (Å²) in [5.41, 5.74) is 2.53. The van der Waals surface area contributed by atoms with Crippen LogP contribution in [0.3, 0.4) is 0 Å². The Morgan fingerprint density at radius 1 is 1.14 bits per heavy atom. The van der Waals surface area contributed by atoms with Crippen molar-refractivity contribution in [3.05, 3.63) is 65.5 Å². The molecule has 0 spiro atoms. The maximum absolute atomic E-state index is 12.8. The van der Waals surface area contributed by atoms with Crippen LogP contribution in [0.1, 0.15) is 28.8 Å². The van der Waals surface area contributed by atoms with Gasteiger partial charge in [-0.15, -0.1) is 0 Å². The highest BCUT2D eigenvalue weighted by Gasteiger charge is 2.23. The quantitative estimate of drug-likeness (QED) is 0.884. The second kappa shape index (κ2) is 5.95. The molecule has 1 fully saturated rings. The van der Waals surface area contributed by atoms with Crippen molar-refractivity contribution in [2.75, 3.05) is 5.32 Å². The van der Waals surface area contributed by atoms with Crippen molar-refractivity contribution in [3.63, 3.8) is 0 Å². The highest BCUT2D eigenvalue weighted by atomic mass is 19.1. The van der Waals surface area contributed by atoms with Gasteiger partial charge in [0.1, 0.15) is 5.82 Å². The van der Waals surface area contributed by atoms with Crippen LogP contribution in [0.2, 0.25) is 0 Å². The maximum atomic E-state index is 12.8. The van der Waals surface area contributed by atoms with Crippen molar-refractivity contribution in [1.82, 2.24) is 5.32 Å². The predicted molar refractivity (Wildman–Crippen MR) is 80.7 cm³/mol. The molecule has 0 heterocycles. The van der Waals surface area contributed by atoms with E-state index in [-0.39, 0.29) is 11.7 Å². The van der Waals surface area contributed by atoms with E-state index in [0.717, 1.165) is 24.1 Å². The fourth-order valence-electron chi connectivity index (χ4n) is 2.07. The first-order valence-electron chi connectivity index (χ1n) is 7.10. The first-order valence-corrected chi connectivity index (χ1v) is 7.10. The summed E-state index contributed by atoms with van der Waals surface area (Å²) in [5.74, 6) is -0.263. The van der Waals surface area contributed by atoms with Gasteiger partial charge in [-0.05, 0) is 48.7 Å². The number of carbonyl (C=O) groups is 1. The Morgan fingerprint density at radius 2 is 1.90 bits per heavy atom. The van der Waals surface area contributed by atoms with Gasteiger partial charge >= 0.3 is 0 Å². The van der Waals surface area contributed by atoms with Crippen LogP contribution in [-0.4, -0.2) is 11.9 Å². The van der Waals surface area contributed by atoms with Gasteiger partial charge in [-0.3, -0.25) is 4.79 Å². The minimum atomic E-state index is -0.238. The zero-order valence-corrected chi connectivity index (χ0v) is 11.6. The summed E-state index contributed by atoms with van der Waals surface area (Å²) in [6.07, 6.45) is 2.16. The average molecular weight is 284 g/mol. The van der Waals surface area contributed by atoms with Crippen LogP contribution in [0.5, 0.6) is 0 Å². The molecule has 3 nitrogen and oxygen atoms in total. The van der Waals surface area contributed by atoms with Gasteiger partial charge in [0.05, 0.1) is 0 Å². The second-order valence-electron chi connectivity index (χ2n) is 5.31. The smallest absolute Gasteiger partial charge is 0.251 e. The van der Waals surface area contributed by atoms with Gasteiger partial charge in [0.2, 0.25) is 0 Å². The lowest BCUT2D eigenvalue weighted by molar-refractivity contribution is 0.0951. The minimum Gasteiger partial charge on any atom is -0.381 e. The van der Waals surface area contributed by atoms with Crippen LogP contribution >= 0.6 is 0 Å². The van der Waals surface area contributed by atoms with E-state index in [4.69, 9.17) is 0 Å². The Hall–Kier alpha value is -2.36. The van der Waals surface area contributed by atoms with Gasteiger partial charge in [-0.25, -0.2) is 4.39 Å². The van der Waals surface area contributed by atoms with E-state index in [1.54, 1.807) is 18.2 Å². The lowest BCUT2D eigenvalue weighted by Crippen LogP contribution is -2.25. The molecule has 0 radical (unpaired) electrons. The molecule has 3 rings (SSSR count). The Kier molecular flexibility index (Phi) is 3.86. The summed E-state index contributed by atoms with van der Waals surface area (Å²) in [6, 6.07) is 14.1.